The fraction of sp³-hybridized carbons (Fsp3) is 0.357. The molecule has 1 atom stereocenters. The van der Waals surface area contributed by atoms with Gasteiger partial charge in [-0.1, -0.05) is 37.6 Å². The van der Waals surface area contributed by atoms with Gasteiger partial charge in [-0.05, 0) is 24.3 Å². The number of hydrogen-bond donors (Lipinski definition) is 0. The number of hydrogen-bond acceptors (Lipinski definition) is 4. The molecule has 0 saturated heterocycles. The van der Waals surface area contributed by atoms with Crippen LogP contribution < -0.4 is 4.74 Å². The van der Waals surface area contributed by atoms with Crippen LogP contribution in [0.3, 0.4) is 0 Å². The van der Waals surface area contributed by atoms with Crippen molar-refractivity contribution in [3.8, 4) is 5.75 Å². The standard InChI is InChI=1S/C14H16ClN3O2/c1-14(2,3)12(19)13(18-9-8-16-17-18)20-11-6-4-10(15)5-7-11/h4-9,13H,1-3H3. The van der Waals surface area contributed by atoms with Gasteiger partial charge in [0, 0.05) is 16.6 Å². The SMILES string of the molecule is CC(C)(C)C(=O)C(Oc1ccc(Cl)cc1)n1ccnn1. The highest BCUT2D eigenvalue weighted by Gasteiger charge is 2.33. The first-order valence-corrected chi connectivity index (χ1v) is 6.58. The van der Waals surface area contributed by atoms with E-state index in [9.17, 15) is 4.79 Å². The Morgan fingerprint density at radius 1 is 1.30 bits per heavy atom. The molecule has 106 valence electrons. The summed E-state index contributed by atoms with van der Waals surface area (Å²) >= 11 is 5.83. The number of nitrogens with zero attached hydrogens (tertiary/aromatic N) is 3. The van der Waals surface area contributed by atoms with Crippen molar-refractivity contribution in [1.82, 2.24) is 15.0 Å². The third-order valence-electron chi connectivity index (χ3n) is 2.71. The van der Waals surface area contributed by atoms with Crippen molar-refractivity contribution in [2.75, 3.05) is 0 Å². The Labute approximate surface area is 122 Å². The summed E-state index contributed by atoms with van der Waals surface area (Å²) in [4.78, 5) is 12.5. The zero-order valence-electron chi connectivity index (χ0n) is 11.6. The molecule has 0 amide bonds. The molecule has 0 aliphatic heterocycles. The van der Waals surface area contributed by atoms with E-state index in [4.69, 9.17) is 16.3 Å². The van der Waals surface area contributed by atoms with Gasteiger partial charge in [0.25, 0.3) is 6.23 Å². The minimum Gasteiger partial charge on any atom is -0.461 e. The highest BCUT2D eigenvalue weighted by atomic mass is 35.5. The van der Waals surface area contributed by atoms with Crippen LogP contribution in [0.4, 0.5) is 0 Å². The zero-order valence-corrected chi connectivity index (χ0v) is 12.3. The molecule has 0 aliphatic carbocycles. The summed E-state index contributed by atoms with van der Waals surface area (Å²) in [5, 5.41) is 8.19. The van der Waals surface area contributed by atoms with Gasteiger partial charge in [-0.3, -0.25) is 4.79 Å². The number of ketones is 1. The van der Waals surface area contributed by atoms with Gasteiger partial charge >= 0.3 is 0 Å². The highest BCUT2D eigenvalue weighted by molar-refractivity contribution is 6.30. The maximum atomic E-state index is 12.5. The van der Waals surface area contributed by atoms with E-state index >= 15 is 0 Å². The summed E-state index contributed by atoms with van der Waals surface area (Å²) in [5.41, 5.74) is -0.553. The van der Waals surface area contributed by atoms with E-state index in [1.165, 1.54) is 10.9 Å². The number of halogens is 1. The van der Waals surface area contributed by atoms with E-state index in [1.807, 2.05) is 20.8 Å². The van der Waals surface area contributed by atoms with Crippen LogP contribution in [0.1, 0.15) is 27.0 Å². The minimum atomic E-state index is -0.848. The number of aromatic nitrogens is 3. The van der Waals surface area contributed by atoms with Gasteiger partial charge in [0.1, 0.15) is 5.75 Å². The van der Waals surface area contributed by atoms with Crippen molar-refractivity contribution in [2.45, 2.75) is 27.0 Å². The molecule has 1 heterocycles. The lowest BCUT2D eigenvalue weighted by molar-refractivity contribution is -0.138. The molecule has 0 spiro atoms. The van der Waals surface area contributed by atoms with Crippen LogP contribution in [0.25, 0.3) is 0 Å². The van der Waals surface area contributed by atoms with Crippen molar-refractivity contribution in [1.29, 1.82) is 0 Å². The number of Topliss-reactive ketones (excluding diaryl/α,β-unsaturated/α-hetero) is 1. The van der Waals surface area contributed by atoms with Gasteiger partial charge in [0.15, 0.2) is 0 Å². The molecule has 20 heavy (non-hydrogen) atoms. The predicted molar refractivity (Wildman–Crippen MR) is 75.6 cm³/mol. The van der Waals surface area contributed by atoms with Crippen LogP contribution in [-0.2, 0) is 4.79 Å². The second kappa shape index (κ2) is 5.63. The van der Waals surface area contributed by atoms with E-state index < -0.39 is 11.6 Å². The van der Waals surface area contributed by atoms with Gasteiger partial charge in [-0.2, -0.15) is 0 Å². The van der Waals surface area contributed by atoms with Crippen LogP contribution in [0.5, 0.6) is 5.75 Å². The highest BCUT2D eigenvalue weighted by Crippen LogP contribution is 2.26. The Morgan fingerprint density at radius 3 is 2.45 bits per heavy atom. The van der Waals surface area contributed by atoms with Crippen LogP contribution in [0, 0.1) is 5.41 Å². The molecule has 6 heteroatoms. The molecule has 0 fully saturated rings. The Hall–Kier alpha value is -1.88. The Balaban J connectivity index is 2.28. The fourth-order valence-corrected chi connectivity index (χ4v) is 1.71. The van der Waals surface area contributed by atoms with Crippen LogP contribution >= 0.6 is 11.6 Å². The van der Waals surface area contributed by atoms with E-state index in [0.717, 1.165) is 0 Å². The average Bonchev–Trinajstić information content (AvgIpc) is 2.90. The van der Waals surface area contributed by atoms with E-state index in [0.29, 0.717) is 10.8 Å². The largest absolute Gasteiger partial charge is 0.461 e. The summed E-state index contributed by atoms with van der Waals surface area (Å²) < 4.78 is 7.16. The van der Waals surface area contributed by atoms with Crippen molar-refractivity contribution in [3.05, 3.63) is 41.7 Å². The first-order chi connectivity index (χ1) is 9.38. The van der Waals surface area contributed by atoms with Crippen LogP contribution in [0.2, 0.25) is 5.02 Å². The van der Waals surface area contributed by atoms with Crippen molar-refractivity contribution < 1.29 is 9.53 Å². The summed E-state index contributed by atoms with van der Waals surface area (Å²) in [5.74, 6) is 0.463. The molecule has 2 rings (SSSR count). The second-order valence-corrected chi connectivity index (χ2v) is 5.86. The van der Waals surface area contributed by atoms with Crippen molar-refractivity contribution in [2.24, 2.45) is 5.41 Å². The minimum absolute atomic E-state index is 0.0852. The molecule has 0 bridgehead atoms. The van der Waals surface area contributed by atoms with Crippen LogP contribution in [-0.4, -0.2) is 20.8 Å². The quantitative estimate of drug-likeness (QED) is 0.869. The number of rotatable bonds is 4. The number of benzene rings is 1. The van der Waals surface area contributed by atoms with Gasteiger partial charge < -0.3 is 4.74 Å². The summed E-state index contributed by atoms with van der Waals surface area (Å²) in [7, 11) is 0. The van der Waals surface area contributed by atoms with Gasteiger partial charge in [0.2, 0.25) is 5.78 Å². The maximum absolute atomic E-state index is 12.5. The molecular formula is C14H16ClN3O2. The van der Waals surface area contributed by atoms with E-state index in [2.05, 4.69) is 10.3 Å². The first kappa shape index (κ1) is 14.5. The zero-order chi connectivity index (χ0) is 14.8. The molecule has 1 aromatic carbocycles. The monoisotopic (exact) mass is 293 g/mol. The fourth-order valence-electron chi connectivity index (χ4n) is 1.58. The summed E-state index contributed by atoms with van der Waals surface area (Å²) in [6.45, 7) is 5.51. The Kier molecular flexibility index (Phi) is 4.09. The Bertz CT molecular complexity index is 573. The average molecular weight is 294 g/mol. The molecule has 0 N–H and O–H groups in total. The van der Waals surface area contributed by atoms with E-state index in [-0.39, 0.29) is 5.78 Å². The topological polar surface area (TPSA) is 57.0 Å². The predicted octanol–water partition coefficient (Wildman–Crippen LogP) is 3.12. The molecule has 5 nitrogen and oxygen atoms in total. The molecule has 0 radical (unpaired) electrons. The van der Waals surface area contributed by atoms with Gasteiger partial charge in [-0.15, -0.1) is 5.10 Å². The lowest BCUT2D eigenvalue weighted by Crippen LogP contribution is -2.34. The molecule has 2 aromatic rings. The van der Waals surface area contributed by atoms with E-state index in [1.54, 1.807) is 30.5 Å². The molecule has 0 aliphatic rings. The van der Waals surface area contributed by atoms with Crippen molar-refractivity contribution >= 4 is 17.4 Å². The van der Waals surface area contributed by atoms with Gasteiger partial charge in [0.05, 0.1) is 6.20 Å². The third kappa shape index (κ3) is 3.36. The van der Waals surface area contributed by atoms with Gasteiger partial charge in [-0.25, -0.2) is 4.68 Å². The van der Waals surface area contributed by atoms with Crippen molar-refractivity contribution in [3.63, 3.8) is 0 Å². The number of carbonyl (C=O) groups excluding carboxylic acids is 1. The lowest BCUT2D eigenvalue weighted by atomic mass is 9.90. The smallest absolute Gasteiger partial charge is 0.252 e. The lowest BCUT2D eigenvalue weighted by Gasteiger charge is -2.25. The van der Waals surface area contributed by atoms with Crippen LogP contribution in [0.15, 0.2) is 36.7 Å². The summed E-state index contributed by atoms with van der Waals surface area (Å²) in [6.07, 6.45) is 2.26. The molecular weight excluding hydrogens is 278 g/mol. The second-order valence-electron chi connectivity index (χ2n) is 5.42. The third-order valence-corrected chi connectivity index (χ3v) is 2.96. The normalized spacial score (nSPS) is 13.0. The first-order valence-electron chi connectivity index (χ1n) is 6.20. The Morgan fingerprint density at radius 2 is 1.95 bits per heavy atom. The maximum Gasteiger partial charge on any atom is 0.252 e. The number of carbonyl (C=O) groups is 1. The molecule has 0 saturated carbocycles. The molecule has 1 aromatic heterocycles. The molecule has 1 unspecified atom stereocenters. The number of ether oxygens (including phenoxy) is 1. The summed E-state index contributed by atoms with van der Waals surface area (Å²) in [6, 6.07) is 6.83.